The van der Waals surface area contributed by atoms with Crippen LogP contribution < -0.4 is 10.2 Å². The summed E-state index contributed by atoms with van der Waals surface area (Å²) in [6.45, 7) is 0. The Hall–Kier alpha value is -3.80. The molecule has 2 N–H and O–H groups in total. The molecule has 6 nitrogen and oxygen atoms in total. The minimum atomic E-state index is -0.447. The molecule has 1 amide bonds. The molecule has 0 radical (unpaired) electrons. The smallest absolute Gasteiger partial charge is 0.307 e. The van der Waals surface area contributed by atoms with Gasteiger partial charge >= 0.3 is 5.91 Å². The van der Waals surface area contributed by atoms with Gasteiger partial charge in [0.25, 0.3) is 0 Å². The number of nitrogens with one attached hydrogen (secondary N) is 1. The molecule has 0 spiro atoms. The highest BCUT2D eigenvalue weighted by atomic mass is 16.5. The van der Waals surface area contributed by atoms with Gasteiger partial charge in [-0.15, -0.1) is 0 Å². The number of hydrogen-bond acceptors (Lipinski definition) is 5. The normalized spacial score (nSPS) is 11.3. The molecule has 0 aliphatic rings. The van der Waals surface area contributed by atoms with Gasteiger partial charge in [-0.1, -0.05) is 30.3 Å². The average molecular weight is 360 g/mol. The van der Waals surface area contributed by atoms with Gasteiger partial charge in [0.05, 0.1) is 13.3 Å². The van der Waals surface area contributed by atoms with Crippen molar-refractivity contribution in [1.29, 1.82) is 0 Å². The van der Waals surface area contributed by atoms with Crippen LogP contribution >= 0.6 is 0 Å². The van der Waals surface area contributed by atoms with Crippen LogP contribution in [0.3, 0.4) is 0 Å². The van der Waals surface area contributed by atoms with Gasteiger partial charge in [-0.2, -0.15) is 5.10 Å². The first-order valence-electron chi connectivity index (χ1n) is 8.27. The molecule has 3 aromatic carbocycles. The molecule has 0 saturated carbocycles. The molecule has 134 valence electrons. The van der Waals surface area contributed by atoms with Crippen molar-refractivity contribution in [3.63, 3.8) is 0 Å². The van der Waals surface area contributed by atoms with E-state index in [1.807, 2.05) is 36.4 Å². The molecule has 0 saturated heterocycles. The molecule has 0 atom stereocenters. The number of phenolic OH excluding ortho intramolecular Hbond substituents is 1. The summed E-state index contributed by atoms with van der Waals surface area (Å²) in [6.07, 6.45) is 1.46. The van der Waals surface area contributed by atoms with Crippen LogP contribution in [-0.2, 0) is 0 Å². The summed E-state index contributed by atoms with van der Waals surface area (Å²) in [5, 5.41) is 16.5. The molecule has 4 rings (SSSR count). The third-order valence-corrected chi connectivity index (χ3v) is 4.23. The summed E-state index contributed by atoms with van der Waals surface area (Å²) in [7, 11) is 1.46. The van der Waals surface area contributed by atoms with E-state index < -0.39 is 5.91 Å². The first-order chi connectivity index (χ1) is 13.2. The Bertz CT molecular complexity index is 1180. The van der Waals surface area contributed by atoms with Crippen molar-refractivity contribution in [2.24, 2.45) is 5.10 Å². The first kappa shape index (κ1) is 16.7. The average Bonchev–Trinajstić information content (AvgIpc) is 3.14. The van der Waals surface area contributed by atoms with Gasteiger partial charge in [0.15, 0.2) is 17.3 Å². The maximum absolute atomic E-state index is 12.3. The van der Waals surface area contributed by atoms with E-state index in [9.17, 15) is 9.90 Å². The Labute approximate surface area is 154 Å². The van der Waals surface area contributed by atoms with E-state index in [1.54, 1.807) is 18.2 Å². The zero-order valence-electron chi connectivity index (χ0n) is 14.5. The number of methoxy groups -OCH3 is 1. The molecule has 0 aliphatic carbocycles. The molecular weight excluding hydrogens is 344 g/mol. The fourth-order valence-corrected chi connectivity index (χ4v) is 2.90. The van der Waals surface area contributed by atoms with Crippen LogP contribution in [0.2, 0.25) is 0 Å². The van der Waals surface area contributed by atoms with Crippen LogP contribution in [0.25, 0.3) is 21.7 Å². The third-order valence-electron chi connectivity index (χ3n) is 4.23. The minimum Gasteiger partial charge on any atom is -0.504 e. The number of benzene rings is 3. The zero-order chi connectivity index (χ0) is 18.8. The maximum Gasteiger partial charge on any atom is 0.307 e. The summed E-state index contributed by atoms with van der Waals surface area (Å²) in [5.41, 5.74) is 3.75. The van der Waals surface area contributed by atoms with Crippen molar-refractivity contribution < 1.29 is 19.1 Å². The van der Waals surface area contributed by atoms with Gasteiger partial charge in [0.2, 0.25) is 0 Å². The molecule has 4 aromatic rings. The first-order valence-corrected chi connectivity index (χ1v) is 8.27. The maximum atomic E-state index is 12.3. The standard InChI is InChI=1S/C21H16N2O4/c1-26-19-10-13(6-8-17(19)24)12-22-23-21(25)20-11-16-15-5-3-2-4-14(15)7-9-18(16)27-20/h2-12,24H,1H3,(H,23,25)/b22-12+. The van der Waals surface area contributed by atoms with E-state index in [2.05, 4.69) is 10.5 Å². The number of rotatable bonds is 4. The quantitative estimate of drug-likeness (QED) is 0.424. The summed E-state index contributed by atoms with van der Waals surface area (Å²) in [5.74, 6) is 0.0988. The predicted molar refractivity (Wildman–Crippen MR) is 103 cm³/mol. The largest absolute Gasteiger partial charge is 0.504 e. The lowest BCUT2D eigenvalue weighted by Gasteiger charge is -2.03. The summed E-state index contributed by atoms with van der Waals surface area (Å²) >= 11 is 0. The van der Waals surface area contributed by atoms with Gasteiger partial charge < -0.3 is 14.3 Å². The lowest BCUT2D eigenvalue weighted by molar-refractivity contribution is 0.0929. The number of carbonyl (C=O) groups excluding carboxylic acids is 1. The number of ether oxygens (including phenoxy) is 1. The molecule has 0 bridgehead atoms. The van der Waals surface area contributed by atoms with Crippen molar-refractivity contribution in [1.82, 2.24) is 5.43 Å². The Balaban J connectivity index is 1.55. The molecule has 6 heteroatoms. The summed E-state index contributed by atoms with van der Waals surface area (Å²) in [6, 6.07) is 18.2. The highest BCUT2D eigenvalue weighted by Crippen LogP contribution is 2.28. The van der Waals surface area contributed by atoms with Crippen molar-refractivity contribution in [2.75, 3.05) is 7.11 Å². The molecular formula is C21H16N2O4. The molecule has 0 aliphatic heterocycles. The summed E-state index contributed by atoms with van der Waals surface area (Å²) in [4.78, 5) is 12.3. The Kier molecular flexibility index (Phi) is 4.22. The van der Waals surface area contributed by atoms with E-state index in [0.717, 1.165) is 16.2 Å². The Morgan fingerprint density at radius 1 is 1.11 bits per heavy atom. The second-order valence-corrected chi connectivity index (χ2v) is 5.94. The number of hydrogen-bond donors (Lipinski definition) is 2. The summed E-state index contributed by atoms with van der Waals surface area (Å²) < 4.78 is 10.7. The fraction of sp³-hybridized carbons (Fsp3) is 0.0476. The van der Waals surface area contributed by atoms with E-state index >= 15 is 0 Å². The van der Waals surface area contributed by atoms with E-state index in [0.29, 0.717) is 16.9 Å². The number of hydrazone groups is 1. The number of phenols is 1. The van der Waals surface area contributed by atoms with E-state index in [1.165, 1.54) is 19.4 Å². The second-order valence-electron chi connectivity index (χ2n) is 5.94. The highest BCUT2D eigenvalue weighted by Gasteiger charge is 2.13. The topological polar surface area (TPSA) is 84.1 Å². The predicted octanol–water partition coefficient (Wildman–Crippen LogP) is 4.06. The van der Waals surface area contributed by atoms with Gasteiger partial charge in [0.1, 0.15) is 5.58 Å². The molecule has 1 aromatic heterocycles. The van der Waals surface area contributed by atoms with Gasteiger partial charge in [-0.3, -0.25) is 4.79 Å². The van der Waals surface area contributed by atoms with Crippen molar-refractivity contribution in [3.8, 4) is 11.5 Å². The monoisotopic (exact) mass is 360 g/mol. The highest BCUT2D eigenvalue weighted by molar-refractivity contribution is 6.08. The Morgan fingerprint density at radius 3 is 2.81 bits per heavy atom. The van der Waals surface area contributed by atoms with Crippen LogP contribution in [0.4, 0.5) is 0 Å². The van der Waals surface area contributed by atoms with Crippen LogP contribution in [0.5, 0.6) is 11.5 Å². The third kappa shape index (κ3) is 3.20. The fourth-order valence-electron chi connectivity index (χ4n) is 2.90. The zero-order valence-corrected chi connectivity index (χ0v) is 14.5. The number of amides is 1. The molecule has 0 fully saturated rings. The van der Waals surface area contributed by atoms with Crippen molar-refractivity contribution in [2.45, 2.75) is 0 Å². The van der Waals surface area contributed by atoms with Crippen LogP contribution in [0.1, 0.15) is 16.1 Å². The van der Waals surface area contributed by atoms with E-state index in [-0.39, 0.29) is 11.5 Å². The van der Waals surface area contributed by atoms with Crippen LogP contribution in [0, 0.1) is 0 Å². The SMILES string of the molecule is COc1cc(/C=N/NC(=O)c2cc3c(ccc4ccccc43)o2)ccc1O. The number of fused-ring (bicyclic) bond motifs is 3. The van der Waals surface area contributed by atoms with Crippen LogP contribution in [0.15, 0.2) is 70.2 Å². The van der Waals surface area contributed by atoms with Crippen molar-refractivity contribution >= 4 is 33.9 Å². The van der Waals surface area contributed by atoms with Crippen LogP contribution in [-0.4, -0.2) is 24.3 Å². The number of nitrogens with zero attached hydrogens (tertiary/aromatic N) is 1. The van der Waals surface area contributed by atoms with E-state index in [4.69, 9.17) is 9.15 Å². The van der Waals surface area contributed by atoms with Gasteiger partial charge in [-0.25, -0.2) is 5.43 Å². The second kappa shape index (κ2) is 6.84. The minimum absolute atomic E-state index is 0.0354. The van der Waals surface area contributed by atoms with Gasteiger partial charge in [0, 0.05) is 5.39 Å². The number of aromatic hydroxyl groups is 1. The molecule has 1 heterocycles. The molecule has 0 unspecified atom stereocenters. The number of carbonyl (C=O) groups is 1. The molecule has 27 heavy (non-hydrogen) atoms. The lowest BCUT2D eigenvalue weighted by Crippen LogP contribution is -2.16. The Morgan fingerprint density at radius 2 is 1.96 bits per heavy atom. The number of furan rings is 1. The van der Waals surface area contributed by atoms with Crippen molar-refractivity contribution in [3.05, 3.63) is 72.0 Å². The van der Waals surface area contributed by atoms with Gasteiger partial charge in [-0.05, 0) is 46.7 Å². The lowest BCUT2D eigenvalue weighted by atomic mass is 10.1.